The second-order valence-electron chi connectivity index (χ2n) is 6.24. The Morgan fingerprint density at radius 2 is 2.15 bits per heavy atom. The fourth-order valence-corrected chi connectivity index (χ4v) is 3.90. The summed E-state index contributed by atoms with van der Waals surface area (Å²) in [7, 11) is 0. The fraction of sp³-hybridized carbons (Fsp3) is 0.389. The van der Waals surface area contributed by atoms with Crippen LogP contribution in [0, 0.1) is 0 Å². The van der Waals surface area contributed by atoms with Gasteiger partial charge in [-0.25, -0.2) is 0 Å². The zero-order valence-electron chi connectivity index (χ0n) is 14.4. The molecule has 4 rings (SSSR count). The fourth-order valence-electron chi connectivity index (χ4n) is 3.04. The van der Waals surface area contributed by atoms with Gasteiger partial charge in [0, 0.05) is 19.7 Å². The molecule has 0 aromatic heterocycles. The Morgan fingerprint density at radius 3 is 2.96 bits per heavy atom. The lowest BCUT2D eigenvalue weighted by Gasteiger charge is -2.14. The largest absolute Gasteiger partial charge is 0.454 e. The second-order valence-corrected chi connectivity index (χ2v) is 7.23. The van der Waals surface area contributed by atoms with Gasteiger partial charge in [0.2, 0.25) is 12.7 Å². The normalized spacial score (nSPS) is 22.7. The van der Waals surface area contributed by atoms with Crippen LogP contribution >= 0.6 is 11.8 Å². The van der Waals surface area contributed by atoms with Gasteiger partial charge in [0.1, 0.15) is 6.10 Å². The first-order valence-electron chi connectivity index (χ1n) is 8.66. The Balaban J connectivity index is 1.36. The Labute approximate surface area is 159 Å². The van der Waals surface area contributed by atoms with Crippen molar-refractivity contribution in [3.05, 3.63) is 28.7 Å². The van der Waals surface area contributed by atoms with Crippen molar-refractivity contribution in [2.75, 3.05) is 26.5 Å². The number of nitrogens with zero attached hydrogens (tertiary/aromatic N) is 1. The van der Waals surface area contributed by atoms with Crippen molar-refractivity contribution >= 4 is 34.9 Å². The minimum absolute atomic E-state index is 0.127. The first-order valence-corrected chi connectivity index (χ1v) is 9.48. The summed E-state index contributed by atoms with van der Waals surface area (Å²) in [6.07, 6.45) is 2.79. The zero-order valence-corrected chi connectivity index (χ0v) is 15.3. The van der Waals surface area contributed by atoms with Crippen LogP contribution in [0.4, 0.5) is 4.79 Å². The van der Waals surface area contributed by atoms with Gasteiger partial charge in [0.15, 0.2) is 11.5 Å². The van der Waals surface area contributed by atoms with Gasteiger partial charge in [0.05, 0.1) is 4.91 Å². The highest BCUT2D eigenvalue weighted by Gasteiger charge is 2.35. The van der Waals surface area contributed by atoms with Crippen LogP contribution in [0.5, 0.6) is 11.5 Å². The molecule has 0 unspecified atom stereocenters. The molecule has 1 aromatic rings. The van der Waals surface area contributed by atoms with Crippen LogP contribution < -0.4 is 14.8 Å². The van der Waals surface area contributed by atoms with Gasteiger partial charge >= 0.3 is 0 Å². The van der Waals surface area contributed by atoms with Gasteiger partial charge in [-0.2, -0.15) is 0 Å². The average Bonchev–Trinajstić information content (AvgIpc) is 3.38. The summed E-state index contributed by atoms with van der Waals surface area (Å²) in [5, 5.41) is 2.37. The molecule has 1 N–H and O–H groups in total. The van der Waals surface area contributed by atoms with E-state index in [9.17, 15) is 14.4 Å². The van der Waals surface area contributed by atoms with Gasteiger partial charge in [-0.15, -0.1) is 0 Å². The number of fused-ring (bicyclic) bond motifs is 1. The number of imide groups is 1. The molecule has 2 fully saturated rings. The third kappa shape index (κ3) is 3.79. The molecule has 1 atom stereocenters. The van der Waals surface area contributed by atoms with Crippen molar-refractivity contribution in [3.8, 4) is 11.5 Å². The quantitative estimate of drug-likeness (QED) is 0.766. The maximum atomic E-state index is 12.5. The number of rotatable bonds is 5. The van der Waals surface area contributed by atoms with Crippen molar-refractivity contribution < 1.29 is 28.6 Å². The summed E-state index contributed by atoms with van der Waals surface area (Å²) >= 11 is 0.883. The molecule has 3 aliphatic heterocycles. The lowest BCUT2D eigenvalue weighted by atomic mass is 10.2. The van der Waals surface area contributed by atoms with Crippen LogP contribution in [0.25, 0.3) is 6.08 Å². The van der Waals surface area contributed by atoms with Gasteiger partial charge < -0.3 is 19.5 Å². The smallest absolute Gasteiger partial charge is 0.293 e. The average molecular weight is 390 g/mol. The summed E-state index contributed by atoms with van der Waals surface area (Å²) in [5.74, 6) is 0.700. The van der Waals surface area contributed by atoms with E-state index in [1.54, 1.807) is 24.3 Å². The van der Waals surface area contributed by atoms with Crippen molar-refractivity contribution in [1.29, 1.82) is 0 Å². The molecule has 3 amide bonds. The standard InChI is InChI=1S/C18H18N2O6S/c21-16(13-2-1-7-24-13)19-5-6-20-17(22)15(27-18(20)23)9-11-3-4-12-14(8-11)26-10-25-12/h3-4,8-9,13H,1-2,5-7,10H2,(H,19,21)/b15-9+/t13-/m1/s1. The van der Waals surface area contributed by atoms with Crippen molar-refractivity contribution in [3.63, 3.8) is 0 Å². The van der Waals surface area contributed by atoms with E-state index in [1.165, 1.54) is 0 Å². The van der Waals surface area contributed by atoms with E-state index >= 15 is 0 Å². The maximum absolute atomic E-state index is 12.5. The Bertz CT molecular complexity index is 818. The number of nitrogens with one attached hydrogen (secondary N) is 1. The van der Waals surface area contributed by atoms with E-state index in [0.717, 1.165) is 28.6 Å². The Kier molecular flexibility index (Phi) is 5.04. The molecule has 3 heterocycles. The van der Waals surface area contributed by atoms with E-state index in [4.69, 9.17) is 14.2 Å². The number of carbonyl (C=O) groups excluding carboxylic acids is 3. The number of hydrogen-bond donors (Lipinski definition) is 1. The van der Waals surface area contributed by atoms with Crippen LogP contribution in [0.15, 0.2) is 23.1 Å². The lowest BCUT2D eigenvalue weighted by molar-refractivity contribution is -0.130. The zero-order chi connectivity index (χ0) is 18.8. The SMILES string of the molecule is O=C(NCCN1C(=O)S/C(=C/c2ccc3c(c2)OCO3)C1=O)[C@H]1CCCO1. The summed E-state index contributed by atoms with van der Waals surface area (Å²) in [4.78, 5) is 38.1. The molecule has 2 saturated heterocycles. The molecule has 0 aliphatic carbocycles. The number of thioether (sulfide) groups is 1. The highest BCUT2D eigenvalue weighted by molar-refractivity contribution is 8.18. The minimum atomic E-state index is -0.425. The van der Waals surface area contributed by atoms with Crippen molar-refractivity contribution in [2.24, 2.45) is 0 Å². The van der Waals surface area contributed by atoms with Crippen molar-refractivity contribution in [2.45, 2.75) is 18.9 Å². The number of ether oxygens (including phenoxy) is 3. The summed E-state index contributed by atoms with van der Waals surface area (Å²) in [6, 6.07) is 5.32. The number of carbonyl (C=O) groups is 3. The molecular formula is C18H18N2O6S. The van der Waals surface area contributed by atoms with Crippen LogP contribution in [0.1, 0.15) is 18.4 Å². The molecule has 8 nitrogen and oxygen atoms in total. The lowest BCUT2D eigenvalue weighted by Crippen LogP contribution is -2.40. The van der Waals surface area contributed by atoms with Crippen LogP contribution in [-0.4, -0.2) is 54.5 Å². The molecule has 0 radical (unpaired) electrons. The number of hydrogen-bond acceptors (Lipinski definition) is 7. The molecule has 0 spiro atoms. The second kappa shape index (κ2) is 7.61. The monoisotopic (exact) mass is 390 g/mol. The first kappa shape index (κ1) is 17.9. The molecule has 0 bridgehead atoms. The minimum Gasteiger partial charge on any atom is -0.454 e. The van der Waals surface area contributed by atoms with E-state index in [-0.39, 0.29) is 36.9 Å². The highest BCUT2D eigenvalue weighted by Crippen LogP contribution is 2.36. The predicted octanol–water partition coefficient (Wildman–Crippen LogP) is 1.75. The predicted molar refractivity (Wildman–Crippen MR) is 97.2 cm³/mol. The molecule has 27 heavy (non-hydrogen) atoms. The Hall–Kier alpha value is -2.52. The molecule has 9 heteroatoms. The van der Waals surface area contributed by atoms with Gasteiger partial charge in [-0.1, -0.05) is 6.07 Å². The molecule has 0 saturated carbocycles. The van der Waals surface area contributed by atoms with Crippen LogP contribution in [0.3, 0.4) is 0 Å². The first-order chi connectivity index (χ1) is 13.1. The third-order valence-electron chi connectivity index (χ3n) is 4.42. The summed E-state index contributed by atoms with van der Waals surface area (Å²) in [6.45, 7) is 1.09. The molecule has 3 aliphatic rings. The number of benzene rings is 1. The third-order valence-corrected chi connectivity index (χ3v) is 5.33. The Morgan fingerprint density at radius 1 is 1.30 bits per heavy atom. The van der Waals surface area contributed by atoms with E-state index in [1.807, 2.05) is 0 Å². The van der Waals surface area contributed by atoms with E-state index in [2.05, 4.69) is 5.32 Å². The maximum Gasteiger partial charge on any atom is 0.293 e. The topological polar surface area (TPSA) is 94.2 Å². The van der Waals surface area contributed by atoms with Gasteiger partial charge in [-0.05, 0) is 48.4 Å². The van der Waals surface area contributed by atoms with Crippen LogP contribution in [0.2, 0.25) is 0 Å². The van der Waals surface area contributed by atoms with E-state index < -0.39 is 6.10 Å². The number of amides is 3. The van der Waals surface area contributed by atoms with Crippen molar-refractivity contribution in [1.82, 2.24) is 10.2 Å². The summed E-state index contributed by atoms with van der Waals surface area (Å²) in [5.41, 5.74) is 0.747. The molecule has 1 aromatic carbocycles. The highest BCUT2D eigenvalue weighted by atomic mass is 32.2. The summed E-state index contributed by atoms with van der Waals surface area (Å²) < 4.78 is 15.9. The van der Waals surface area contributed by atoms with Gasteiger partial charge in [0.25, 0.3) is 11.1 Å². The van der Waals surface area contributed by atoms with Crippen LogP contribution in [-0.2, 0) is 14.3 Å². The van der Waals surface area contributed by atoms with Gasteiger partial charge in [-0.3, -0.25) is 19.3 Å². The van der Waals surface area contributed by atoms with E-state index in [0.29, 0.717) is 29.4 Å². The molecule has 142 valence electrons. The molecular weight excluding hydrogens is 372 g/mol.